The van der Waals surface area contributed by atoms with Crippen LogP contribution in [0.1, 0.15) is 27.2 Å². The number of carboxylic acid groups (broad SMARTS) is 1. The zero-order valence-electron chi connectivity index (χ0n) is 13.3. The molecule has 0 aromatic heterocycles. The third-order valence-electron chi connectivity index (χ3n) is 3.44. The predicted octanol–water partition coefficient (Wildman–Crippen LogP) is 1.03. The Kier molecular flexibility index (Phi) is 6.42. The molecule has 7 nitrogen and oxygen atoms in total. The van der Waals surface area contributed by atoms with Crippen LogP contribution >= 0.6 is 0 Å². The van der Waals surface area contributed by atoms with E-state index in [0.29, 0.717) is 39.3 Å². The third kappa shape index (κ3) is 4.86. The van der Waals surface area contributed by atoms with Gasteiger partial charge in [-0.3, -0.25) is 9.69 Å². The lowest BCUT2D eigenvalue weighted by Crippen LogP contribution is -2.59. The standard InChI is InChI=1S/C14H26N2O5/c1-14(2,3)16(13(18)19)11(5-8-20-4)12(17)15-6-9-21-10-7-15/h11H,5-10H2,1-4H3,(H,18,19)/t11-/m0/s1. The van der Waals surface area contributed by atoms with Crippen molar-refractivity contribution in [2.75, 3.05) is 40.0 Å². The van der Waals surface area contributed by atoms with Crippen LogP contribution in [0.4, 0.5) is 4.79 Å². The summed E-state index contributed by atoms with van der Waals surface area (Å²) in [5, 5.41) is 9.52. The summed E-state index contributed by atoms with van der Waals surface area (Å²) in [5.74, 6) is -0.173. The second-order valence-electron chi connectivity index (χ2n) is 6.06. The van der Waals surface area contributed by atoms with Gasteiger partial charge in [0.2, 0.25) is 5.91 Å². The van der Waals surface area contributed by atoms with E-state index in [4.69, 9.17) is 9.47 Å². The molecule has 0 unspecified atom stereocenters. The number of methoxy groups -OCH3 is 1. The van der Waals surface area contributed by atoms with Crippen LogP contribution in [0.2, 0.25) is 0 Å². The lowest BCUT2D eigenvalue weighted by atomic mass is 10.0. The maximum atomic E-state index is 12.7. The van der Waals surface area contributed by atoms with Gasteiger partial charge in [-0.2, -0.15) is 0 Å². The third-order valence-corrected chi connectivity index (χ3v) is 3.44. The van der Waals surface area contributed by atoms with Gasteiger partial charge >= 0.3 is 6.09 Å². The van der Waals surface area contributed by atoms with Crippen molar-refractivity contribution in [1.29, 1.82) is 0 Å². The maximum Gasteiger partial charge on any atom is 0.408 e. The second-order valence-corrected chi connectivity index (χ2v) is 6.06. The van der Waals surface area contributed by atoms with Gasteiger partial charge < -0.3 is 19.5 Å². The van der Waals surface area contributed by atoms with E-state index in [1.165, 1.54) is 4.90 Å². The topological polar surface area (TPSA) is 79.3 Å². The van der Waals surface area contributed by atoms with Crippen LogP contribution in [-0.4, -0.2) is 78.5 Å². The van der Waals surface area contributed by atoms with E-state index in [1.54, 1.807) is 32.8 Å². The molecular weight excluding hydrogens is 276 g/mol. The van der Waals surface area contributed by atoms with Crippen LogP contribution in [0.25, 0.3) is 0 Å². The monoisotopic (exact) mass is 302 g/mol. The molecule has 1 rings (SSSR count). The van der Waals surface area contributed by atoms with Gasteiger partial charge in [-0.25, -0.2) is 4.79 Å². The molecule has 2 amide bonds. The summed E-state index contributed by atoms with van der Waals surface area (Å²) in [7, 11) is 1.54. The molecule has 1 aliphatic heterocycles. The molecule has 21 heavy (non-hydrogen) atoms. The van der Waals surface area contributed by atoms with Crippen LogP contribution < -0.4 is 0 Å². The number of carbonyl (C=O) groups excluding carboxylic acids is 1. The van der Waals surface area contributed by atoms with Crippen molar-refractivity contribution in [3.63, 3.8) is 0 Å². The zero-order chi connectivity index (χ0) is 16.0. The molecule has 7 heteroatoms. The number of carbonyl (C=O) groups is 2. The number of hydrogen-bond acceptors (Lipinski definition) is 4. The van der Waals surface area contributed by atoms with E-state index in [-0.39, 0.29) is 5.91 Å². The molecule has 1 aliphatic rings. The van der Waals surface area contributed by atoms with Crippen molar-refractivity contribution in [2.45, 2.75) is 38.8 Å². The van der Waals surface area contributed by atoms with Gasteiger partial charge in [0, 0.05) is 38.8 Å². The molecule has 0 aromatic carbocycles. The minimum atomic E-state index is -1.09. The molecule has 0 aliphatic carbocycles. The molecule has 1 saturated heterocycles. The minimum absolute atomic E-state index is 0.173. The molecule has 1 atom stereocenters. The summed E-state index contributed by atoms with van der Waals surface area (Å²) < 4.78 is 10.3. The fourth-order valence-electron chi connectivity index (χ4n) is 2.47. The summed E-state index contributed by atoms with van der Waals surface area (Å²) in [6.45, 7) is 7.67. The molecule has 1 fully saturated rings. The molecule has 0 saturated carbocycles. The van der Waals surface area contributed by atoms with Gasteiger partial charge in [-0.05, 0) is 20.8 Å². The van der Waals surface area contributed by atoms with Crippen molar-refractivity contribution in [2.24, 2.45) is 0 Å². The quantitative estimate of drug-likeness (QED) is 0.820. The summed E-state index contributed by atoms with van der Waals surface area (Å²) in [4.78, 5) is 27.2. The van der Waals surface area contributed by atoms with Crippen LogP contribution in [0.15, 0.2) is 0 Å². The fourth-order valence-corrected chi connectivity index (χ4v) is 2.47. The Morgan fingerprint density at radius 3 is 2.33 bits per heavy atom. The molecule has 0 spiro atoms. The molecule has 0 aromatic rings. The Morgan fingerprint density at radius 1 is 1.33 bits per heavy atom. The summed E-state index contributed by atoms with van der Waals surface area (Å²) in [6, 6.07) is -0.736. The van der Waals surface area contributed by atoms with Crippen LogP contribution in [-0.2, 0) is 14.3 Å². The number of ether oxygens (including phenoxy) is 2. The van der Waals surface area contributed by atoms with Crippen molar-refractivity contribution in [1.82, 2.24) is 9.80 Å². The SMILES string of the molecule is COCC[C@@H](C(=O)N1CCOCC1)N(C(=O)O)C(C)(C)C. The number of nitrogens with zero attached hydrogens (tertiary/aromatic N) is 2. The predicted molar refractivity (Wildman–Crippen MR) is 77.3 cm³/mol. The molecular formula is C14H26N2O5. The van der Waals surface area contributed by atoms with Crippen molar-refractivity contribution >= 4 is 12.0 Å². The van der Waals surface area contributed by atoms with Gasteiger partial charge in [-0.15, -0.1) is 0 Å². The summed E-state index contributed by atoms with van der Waals surface area (Å²) in [5.41, 5.74) is -0.661. The molecule has 122 valence electrons. The summed E-state index contributed by atoms with van der Waals surface area (Å²) >= 11 is 0. The number of hydrogen-bond donors (Lipinski definition) is 1. The van der Waals surface area contributed by atoms with E-state index in [9.17, 15) is 14.7 Å². The molecule has 0 radical (unpaired) electrons. The van der Waals surface area contributed by atoms with Crippen molar-refractivity contribution in [3.8, 4) is 0 Å². The highest BCUT2D eigenvalue weighted by Gasteiger charge is 2.39. The minimum Gasteiger partial charge on any atom is -0.465 e. The first-order chi connectivity index (χ1) is 9.79. The van der Waals surface area contributed by atoms with E-state index in [0.717, 1.165) is 0 Å². The smallest absolute Gasteiger partial charge is 0.408 e. The Bertz CT molecular complexity index is 361. The Morgan fingerprint density at radius 2 is 1.90 bits per heavy atom. The first kappa shape index (κ1) is 17.7. The highest BCUT2D eigenvalue weighted by molar-refractivity contribution is 5.85. The van der Waals surface area contributed by atoms with Crippen molar-refractivity contribution in [3.05, 3.63) is 0 Å². The van der Waals surface area contributed by atoms with Gasteiger partial charge in [-0.1, -0.05) is 0 Å². The van der Waals surface area contributed by atoms with E-state index in [1.807, 2.05) is 0 Å². The molecule has 1 heterocycles. The van der Waals surface area contributed by atoms with Gasteiger partial charge in [0.1, 0.15) is 6.04 Å². The van der Waals surface area contributed by atoms with E-state index >= 15 is 0 Å². The van der Waals surface area contributed by atoms with Gasteiger partial charge in [0.25, 0.3) is 0 Å². The summed E-state index contributed by atoms with van der Waals surface area (Å²) in [6.07, 6.45) is -0.749. The number of amides is 2. The number of rotatable bonds is 5. The van der Waals surface area contributed by atoms with Crippen molar-refractivity contribution < 1.29 is 24.2 Å². The highest BCUT2D eigenvalue weighted by atomic mass is 16.5. The Hall–Kier alpha value is -1.34. The average molecular weight is 302 g/mol. The molecule has 1 N–H and O–H groups in total. The van der Waals surface area contributed by atoms with E-state index < -0.39 is 17.7 Å². The fraction of sp³-hybridized carbons (Fsp3) is 0.857. The average Bonchev–Trinajstić information content (AvgIpc) is 2.41. The Labute approximate surface area is 125 Å². The largest absolute Gasteiger partial charge is 0.465 e. The van der Waals surface area contributed by atoms with Crippen LogP contribution in [0.3, 0.4) is 0 Å². The Balaban J connectivity index is 2.95. The first-order valence-electron chi connectivity index (χ1n) is 7.16. The first-order valence-corrected chi connectivity index (χ1v) is 7.16. The lowest BCUT2D eigenvalue weighted by molar-refractivity contribution is -0.143. The van der Waals surface area contributed by atoms with Crippen LogP contribution in [0.5, 0.6) is 0 Å². The van der Waals surface area contributed by atoms with Gasteiger partial charge in [0.15, 0.2) is 0 Å². The zero-order valence-corrected chi connectivity index (χ0v) is 13.3. The van der Waals surface area contributed by atoms with E-state index in [2.05, 4.69) is 0 Å². The second kappa shape index (κ2) is 7.61. The van der Waals surface area contributed by atoms with Gasteiger partial charge in [0.05, 0.1) is 13.2 Å². The lowest BCUT2D eigenvalue weighted by Gasteiger charge is -2.41. The number of morpholine rings is 1. The molecule has 0 bridgehead atoms. The maximum absolute atomic E-state index is 12.7. The normalized spacial score (nSPS) is 17.4. The highest BCUT2D eigenvalue weighted by Crippen LogP contribution is 2.21. The van der Waals surface area contributed by atoms with Crippen LogP contribution in [0, 0.1) is 0 Å².